The Morgan fingerprint density at radius 3 is 2.48 bits per heavy atom. The highest BCUT2D eigenvalue weighted by atomic mass is 32.2. The highest BCUT2D eigenvalue weighted by molar-refractivity contribution is 8.07. The molecule has 0 fully saturated rings. The molecule has 1 aromatic rings. The fraction of sp³-hybridized carbons (Fsp3) is 0.200. The molecule has 0 aromatic heterocycles. The number of ether oxygens (including phenoxy) is 3. The van der Waals surface area contributed by atoms with Gasteiger partial charge in [0.2, 0.25) is 5.91 Å². The summed E-state index contributed by atoms with van der Waals surface area (Å²) < 4.78 is 15.3. The Hall–Kier alpha value is -3.91. The van der Waals surface area contributed by atoms with Gasteiger partial charge in [0.25, 0.3) is 5.91 Å². The number of allylic oxidation sites excluding steroid dienone is 1. The minimum atomic E-state index is -1.04. The molecule has 0 spiro atoms. The van der Waals surface area contributed by atoms with Crippen molar-refractivity contribution in [3.05, 3.63) is 56.7 Å². The highest BCUT2D eigenvalue weighted by Gasteiger charge is 2.44. The van der Waals surface area contributed by atoms with Crippen LogP contribution in [0.2, 0.25) is 0 Å². The van der Waals surface area contributed by atoms with Crippen LogP contribution in [-0.2, 0) is 19.1 Å². The van der Waals surface area contributed by atoms with Crippen LogP contribution in [-0.4, -0.2) is 44.0 Å². The molecule has 160 valence electrons. The Labute approximate surface area is 181 Å². The number of nitrogens with two attached hydrogens (primary N) is 2. The third-order valence-corrected chi connectivity index (χ3v) is 5.83. The number of esters is 1. The fourth-order valence-corrected chi connectivity index (χ4v) is 4.48. The lowest BCUT2D eigenvalue weighted by atomic mass is 9.82. The average molecular weight is 442 g/mol. The molecule has 2 aliphatic rings. The van der Waals surface area contributed by atoms with Gasteiger partial charge in [-0.05, 0) is 6.07 Å². The van der Waals surface area contributed by atoms with Crippen LogP contribution in [0.15, 0.2) is 51.2 Å². The largest absolute Gasteiger partial charge is 0.497 e. The molecule has 0 saturated carbocycles. The Bertz CT molecular complexity index is 1130. The zero-order valence-corrected chi connectivity index (χ0v) is 17.6. The van der Waals surface area contributed by atoms with E-state index in [0.29, 0.717) is 17.1 Å². The van der Waals surface area contributed by atoms with E-state index in [9.17, 15) is 19.6 Å². The second-order valence-corrected chi connectivity index (χ2v) is 7.34. The number of hydrogen-bond acceptors (Lipinski definition) is 9. The summed E-state index contributed by atoms with van der Waals surface area (Å²) in [6, 6.07) is 6.79. The number of hydrogen-bond donors (Lipinski definition) is 2. The summed E-state index contributed by atoms with van der Waals surface area (Å²) in [7, 11) is 4.06. The maximum absolute atomic E-state index is 12.7. The predicted molar refractivity (Wildman–Crippen MR) is 110 cm³/mol. The number of nitriles is 1. The molecule has 10 nitrogen and oxygen atoms in total. The van der Waals surface area contributed by atoms with Crippen LogP contribution >= 0.6 is 11.8 Å². The fourth-order valence-electron chi connectivity index (χ4n) is 3.33. The van der Waals surface area contributed by atoms with Crippen LogP contribution < -0.4 is 20.9 Å². The number of carbonyl (C=O) groups is 3. The van der Waals surface area contributed by atoms with E-state index in [-0.39, 0.29) is 26.9 Å². The van der Waals surface area contributed by atoms with Crippen molar-refractivity contribution in [3.8, 4) is 17.6 Å². The van der Waals surface area contributed by atoms with Crippen molar-refractivity contribution in [2.75, 3.05) is 21.3 Å². The molecular weight excluding hydrogens is 424 g/mol. The standard InChI is InChI=1S/C20H18N4O6S/c1-28-9-4-5-10(12(6-9)29-2)15-11(8-21)17(22)24-14(25)7-13(20(27)30-3)31-19(24)16(15)18(23)26/h4-7,15H,22H2,1-3H3,(H2,23,26)/t15-/m1/s1. The van der Waals surface area contributed by atoms with Gasteiger partial charge in [0.05, 0.1) is 49.5 Å². The van der Waals surface area contributed by atoms with Gasteiger partial charge >= 0.3 is 5.97 Å². The summed E-state index contributed by atoms with van der Waals surface area (Å²) in [6.45, 7) is 0. The summed E-state index contributed by atoms with van der Waals surface area (Å²) in [4.78, 5) is 38.3. The predicted octanol–water partition coefficient (Wildman–Crippen LogP) is 0.824. The summed E-state index contributed by atoms with van der Waals surface area (Å²) in [5, 5.41) is 9.88. The maximum Gasteiger partial charge on any atom is 0.344 e. The zero-order chi connectivity index (χ0) is 22.9. The molecule has 0 aliphatic carbocycles. The number of primary amides is 1. The number of benzene rings is 1. The molecule has 2 heterocycles. The second-order valence-electron chi connectivity index (χ2n) is 6.31. The third kappa shape index (κ3) is 3.57. The molecule has 2 amide bonds. The van der Waals surface area contributed by atoms with E-state index in [1.807, 2.05) is 6.07 Å². The van der Waals surface area contributed by atoms with Crippen LogP contribution in [0.1, 0.15) is 11.5 Å². The Morgan fingerprint density at radius 2 is 1.94 bits per heavy atom. The summed E-state index contributed by atoms with van der Waals surface area (Å²) in [5.74, 6) is -2.78. The molecule has 3 rings (SSSR count). The quantitative estimate of drug-likeness (QED) is 0.630. The van der Waals surface area contributed by atoms with Crippen molar-refractivity contribution < 1.29 is 28.6 Å². The second kappa shape index (κ2) is 8.45. The van der Waals surface area contributed by atoms with Crippen LogP contribution in [0.3, 0.4) is 0 Å². The lowest BCUT2D eigenvalue weighted by molar-refractivity contribution is -0.135. The number of thioether (sulfide) groups is 1. The Kier molecular flexibility index (Phi) is 5.94. The van der Waals surface area contributed by atoms with E-state index in [2.05, 4.69) is 4.74 Å². The minimum absolute atomic E-state index is 0.0276. The van der Waals surface area contributed by atoms with Crippen molar-refractivity contribution >= 4 is 29.5 Å². The van der Waals surface area contributed by atoms with Crippen LogP contribution in [0.25, 0.3) is 0 Å². The van der Waals surface area contributed by atoms with E-state index < -0.39 is 23.7 Å². The minimum Gasteiger partial charge on any atom is -0.497 e. The molecule has 0 unspecified atom stereocenters. The number of nitrogens with zero attached hydrogens (tertiary/aromatic N) is 2. The Morgan fingerprint density at radius 1 is 1.23 bits per heavy atom. The number of fused-ring (bicyclic) bond motifs is 1. The SMILES string of the molecule is COC(=O)C1=CC(=O)N2C(N)=C(C#N)[C@@H](c3ccc(OC)cc3OC)C(C(N)=O)=C2S1. The van der Waals surface area contributed by atoms with Gasteiger partial charge < -0.3 is 25.7 Å². The molecule has 2 aliphatic heterocycles. The number of rotatable bonds is 5. The molecule has 1 atom stereocenters. The van der Waals surface area contributed by atoms with Crippen LogP contribution in [0.4, 0.5) is 0 Å². The van der Waals surface area contributed by atoms with Gasteiger partial charge in [0.15, 0.2) is 0 Å². The van der Waals surface area contributed by atoms with Gasteiger partial charge in [-0.1, -0.05) is 17.8 Å². The van der Waals surface area contributed by atoms with E-state index >= 15 is 0 Å². The van der Waals surface area contributed by atoms with Crippen molar-refractivity contribution in [1.82, 2.24) is 4.90 Å². The average Bonchev–Trinajstić information content (AvgIpc) is 2.76. The topological polar surface area (TPSA) is 158 Å². The first kappa shape index (κ1) is 21.8. The van der Waals surface area contributed by atoms with Crippen molar-refractivity contribution in [2.24, 2.45) is 11.5 Å². The van der Waals surface area contributed by atoms with Crippen LogP contribution in [0, 0.1) is 11.3 Å². The summed E-state index contributed by atoms with van der Waals surface area (Å²) in [6.07, 6.45) is 1.02. The molecule has 4 N–H and O–H groups in total. The lowest BCUT2D eigenvalue weighted by Gasteiger charge is -2.37. The Balaban J connectivity index is 2.32. The first-order valence-corrected chi connectivity index (χ1v) is 9.58. The summed E-state index contributed by atoms with van der Waals surface area (Å²) in [5.41, 5.74) is 12.1. The number of methoxy groups -OCH3 is 3. The molecule has 11 heteroatoms. The first-order valence-electron chi connectivity index (χ1n) is 8.76. The molecule has 0 bridgehead atoms. The first-order chi connectivity index (χ1) is 14.8. The molecule has 0 radical (unpaired) electrons. The molecule has 1 aromatic carbocycles. The van der Waals surface area contributed by atoms with E-state index in [1.54, 1.807) is 18.2 Å². The van der Waals surface area contributed by atoms with Crippen molar-refractivity contribution in [2.45, 2.75) is 5.92 Å². The van der Waals surface area contributed by atoms with Gasteiger partial charge in [0.1, 0.15) is 22.2 Å². The maximum atomic E-state index is 12.7. The van der Waals surface area contributed by atoms with E-state index in [1.165, 1.54) is 14.2 Å². The van der Waals surface area contributed by atoms with Gasteiger partial charge in [-0.3, -0.25) is 14.5 Å². The van der Waals surface area contributed by atoms with Crippen molar-refractivity contribution in [1.29, 1.82) is 5.26 Å². The third-order valence-electron chi connectivity index (χ3n) is 4.73. The van der Waals surface area contributed by atoms with Crippen LogP contribution in [0.5, 0.6) is 11.5 Å². The van der Waals surface area contributed by atoms with E-state index in [4.69, 9.17) is 20.9 Å². The molecule has 31 heavy (non-hydrogen) atoms. The number of carbonyl (C=O) groups excluding carboxylic acids is 3. The molecule has 0 saturated heterocycles. The van der Waals surface area contributed by atoms with Gasteiger partial charge in [-0.2, -0.15) is 5.26 Å². The smallest absolute Gasteiger partial charge is 0.344 e. The van der Waals surface area contributed by atoms with Crippen molar-refractivity contribution in [3.63, 3.8) is 0 Å². The monoisotopic (exact) mass is 442 g/mol. The van der Waals surface area contributed by atoms with Gasteiger partial charge in [-0.15, -0.1) is 0 Å². The molecular formula is C20H18N4O6S. The lowest BCUT2D eigenvalue weighted by Crippen LogP contribution is -2.42. The zero-order valence-electron chi connectivity index (χ0n) is 16.8. The van der Waals surface area contributed by atoms with Gasteiger partial charge in [-0.25, -0.2) is 4.79 Å². The summed E-state index contributed by atoms with van der Waals surface area (Å²) >= 11 is 0.805. The van der Waals surface area contributed by atoms with E-state index in [0.717, 1.165) is 29.8 Å². The normalized spacial score (nSPS) is 18.1. The highest BCUT2D eigenvalue weighted by Crippen LogP contribution is 2.49. The number of amides is 2. The van der Waals surface area contributed by atoms with Gasteiger partial charge in [0, 0.05) is 17.7 Å².